The Balaban J connectivity index is 1.47. The molecule has 3 aromatic rings. The number of carbonyl (C=O) groups is 2. The first-order valence-electron chi connectivity index (χ1n) is 9.83. The lowest BCUT2D eigenvalue weighted by molar-refractivity contribution is -0.122. The van der Waals surface area contributed by atoms with Gasteiger partial charge in [-0.3, -0.25) is 9.59 Å². The monoisotopic (exact) mass is 406 g/mol. The van der Waals surface area contributed by atoms with E-state index >= 15 is 0 Å². The molecule has 0 bridgehead atoms. The van der Waals surface area contributed by atoms with Crippen LogP contribution in [-0.4, -0.2) is 24.5 Å². The molecule has 2 amide bonds. The second-order valence-electron chi connectivity index (χ2n) is 7.35. The highest BCUT2D eigenvalue weighted by molar-refractivity contribution is 5.98. The van der Waals surface area contributed by atoms with Crippen LogP contribution in [0.2, 0.25) is 0 Å². The molecular weight excluding hydrogens is 384 g/mol. The lowest BCUT2D eigenvalue weighted by Crippen LogP contribution is -2.30. The van der Waals surface area contributed by atoms with Crippen molar-refractivity contribution in [2.45, 2.75) is 32.8 Å². The van der Waals surface area contributed by atoms with Gasteiger partial charge >= 0.3 is 5.63 Å². The van der Waals surface area contributed by atoms with E-state index in [1.54, 1.807) is 42.2 Å². The minimum atomic E-state index is -0.781. The summed E-state index contributed by atoms with van der Waals surface area (Å²) in [6, 6.07) is 13.6. The van der Waals surface area contributed by atoms with E-state index in [4.69, 9.17) is 9.15 Å². The molecule has 2 heterocycles. The number of anilines is 2. The number of hydrogen-bond acceptors (Lipinski definition) is 5. The maximum absolute atomic E-state index is 12.6. The molecule has 2 aromatic carbocycles. The fourth-order valence-electron chi connectivity index (χ4n) is 3.50. The minimum absolute atomic E-state index is 0.0984. The molecule has 1 atom stereocenters. The molecule has 1 aromatic heterocycles. The fourth-order valence-corrected chi connectivity index (χ4v) is 3.50. The summed E-state index contributed by atoms with van der Waals surface area (Å²) < 4.78 is 10.9. The van der Waals surface area contributed by atoms with Crippen LogP contribution in [0.4, 0.5) is 11.4 Å². The van der Waals surface area contributed by atoms with E-state index in [-0.39, 0.29) is 11.8 Å². The van der Waals surface area contributed by atoms with E-state index in [1.807, 2.05) is 19.1 Å². The molecule has 7 heteroatoms. The van der Waals surface area contributed by atoms with E-state index in [9.17, 15) is 14.4 Å². The Hall–Kier alpha value is -3.61. The molecule has 1 aliphatic heterocycles. The van der Waals surface area contributed by atoms with Crippen LogP contribution >= 0.6 is 0 Å². The normalized spacial score (nSPS) is 14.7. The Labute approximate surface area is 173 Å². The van der Waals surface area contributed by atoms with Gasteiger partial charge in [0.15, 0.2) is 6.10 Å². The Kier molecular flexibility index (Phi) is 5.27. The van der Waals surface area contributed by atoms with Gasteiger partial charge < -0.3 is 19.4 Å². The summed E-state index contributed by atoms with van der Waals surface area (Å²) >= 11 is 0. The number of nitrogens with zero attached hydrogens (tertiary/aromatic N) is 1. The number of fused-ring (bicyclic) bond motifs is 1. The zero-order valence-electron chi connectivity index (χ0n) is 16.8. The van der Waals surface area contributed by atoms with Crippen LogP contribution < -0.4 is 20.6 Å². The topological polar surface area (TPSA) is 88.8 Å². The first-order valence-corrected chi connectivity index (χ1v) is 9.83. The summed E-state index contributed by atoms with van der Waals surface area (Å²) in [7, 11) is 0. The summed E-state index contributed by atoms with van der Waals surface area (Å²) in [4.78, 5) is 37.9. The number of carbonyl (C=O) groups excluding carboxylic acids is 2. The summed E-state index contributed by atoms with van der Waals surface area (Å²) in [6.45, 7) is 4.27. The van der Waals surface area contributed by atoms with Gasteiger partial charge in [0.25, 0.3) is 5.91 Å². The third-order valence-corrected chi connectivity index (χ3v) is 5.12. The van der Waals surface area contributed by atoms with Crippen LogP contribution in [0.3, 0.4) is 0 Å². The average molecular weight is 406 g/mol. The molecule has 1 N–H and O–H groups in total. The molecule has 4 rings (SSSR count). The van der Waals surface area contributed by atoms with Gasteiger partial charge in [-0.05, 0) is 56.2 Å². The molecule has 1 saturated heterocycles. The van der Waals surface area contributed by atoms with Gasteiger partial charge in [-0.25, -0.2) is 4.79 Å². The average Bonchev–Trinajstić information content (AvgIpc) is 3.14. The van der Waals surface area contributed by atoms with Crippen LogP contribution in [-0.2, 0) is 9.59 Å². The van der Waals surface area contributed by atoms with E-state index in [0.29, 0.717) is 30.0 Å². The van der Waals surface area contributed by atoms with Gasteiger partial charge in [0.2, 0.25) is 5.91 Å². The molecule has 0 aliphatic carbocycles. The first-order chi connectivity index (χ1) is 14.4. The van der Waals surface area contributed by atoms with Gasteiger partial charge in [-0.15, -0.1) is 0 Å². The summed E-state index contributed by atoms with van der Waals surface area (Å²) in [6.07, 6.45) is 0.606. The lowest BCUT2D eigenvalue weighted by atomic mass is 10.1. The Morgan fingerprint density at radius 3 is 2.70 bits per heavy atom. The third-order valence-electron chi connectivity index (χ3n) is 5.12. The SMILES string of the molecule is Cc1ccc(NC(=O)C(C)Oc2ccc3ccc(=O)oc3c2)cc1N1CCCC1=O. The zero-order chi connectivity index (χ0) is 21.3. The van der Waals surface area contributed by atoms with Crippen LogP contribution in [0, 0.1) is 6.92 Å². The summed E-state index contributed by atoms with van der Waals surface area (Å²) in [5.74, 6) is 0.195. The first kappa shape index (κ1) is 19.7. The lowest BCUT2D eigenvalue weighted by Gasteiger charge is -2.20. The van der Waals surface area contributed by atoms with E-state index in [1.165, 1.54) is 6.07 Å². The van der Waals surface area contributed by atoms with Crippen molar-refractivity contribution < 1.29 is 18.7 Å². The molecule has 0 saturated carbocycles. The van der Waals surface area contributed by atoms with E-state index in [2.05, 4.69) is 5.32 Å². The maximum atomic E-state index is 12.6. The smallest absolute Gasteiger partial charge is 0.336 e. The Morgan fingerprint density at radius 2 is 1.93 bits per heavy atom. The van der Waals surface area contributed by atoms with Gasteiger partial charge in [-0.2, -0.15) is 0 Å². The fraction of sp³-hybridized carbons (Fsp3) is 0.261. The van der Waals surface area contributed by atoms with Crippen LogP contribution in [0.25, 0.3) is 11.0 Å². The number of rotatable bonds is 5. The highest BCUT2D eigenvalue weighted by Crippen LogP contribution is 2.28. The predicted octanol–water partition coefficient (Wildman–Crippen LogP) is 3.63. The van der Waals surface area contributed by atoms with Gasteiger partial charge in [0.1, 0.15) is 11.3 Å². The molecule has 1 aliphatic rings. The highest BCUT2D eigenvalue weighted by atomic mass is 16.5. The van der Waals surface area contributed by atoms with Crippen LogP contribution in [0.5, 0.6) is 5.75 Å². The molecule has 7 nitrogen and oxygen atoms in total. The van der Waals surface area contributed by atoms with Crippen LogP contribution in [0.15, 0.2) is 57.7 Å². The minimum Gasteiger partial charge on any atom is -0.481 e. The maximum Gasteiger partial charge on any atom is 0.336 e. The number of nitrogens with one attached hydrogen (secondary N) is 1. The Morgan fingerprint density at radius 1 is 1.13 bits per heavy atom. The van der Waals surface area contributed by atoms with Crippen molar-refractivity contribution in [2.24, 2.45) is 0 Å². The molecule has 30 heavy (non-hydrogen) atoms. The van der Waals surface area contributed by atoms with Gasteiger partial charge in [0, 0.05) is 41.9 Å². The third kappa shape index (κ3) is 4.05. The molecule has 1 fully saturated rings. The molecule has 1 unspecified atom stereocenters. The number of hydrogen-bond donors (Lipinski definition) is 1. The van der Waals surface area contributed by atoms with Crippen molar-refractivity contribution in [3.05, 3.63) is 64.5 Å². The second-order valence-corrected chi connectivity index (χ2v) is 7.35. The molecule has 0 radical (unpaired) electrons. The van der Waals surface area contributed by atoms with Crippen molar-refractivity contribution in [1.29, 1.82) is 0 Å². The van der Waals surface area contributed by atoms with Crippen molar-refractivity contribution in [2.75, 3.05) is 16.8 Å². The summed E-state index contributed by atoms with van der Waals surface area (Å²) in [5.41, 5.74) is 2.34. The van der Waals surface area contributed by atoms with E-state index in [0.717, 1.165) is 23.1 Å². The molecule has 154 valence electrons. The summed E-state index contributed by atoms with van der Waals surface area (Å²) in [5, 5.41) is 3.61. The standard InChI is InChI=1S/C23H22N2O5/c1-14-5-8-17(12-19(14)25-11-3-4-21(25)26)24-23(28)15(2)29-18-9-6-16-7-10-22(27)30-20(16)13-18/h5-10,12-13,15H,3-4,11H2,1-2H3,(H,24,28). The number of benzene rings is 2. The predicted molar refractivity (Wildman–Crippen MR) is 114 cm³/mol. The molecule has 0 spiro atoms. The number of ether oxygens (including phenoxy) is 1. The number of aryl methyl sites for hydroxylation is 1. The largest absolute Gasteiger partial charge is 0.481 e. The zero-order valence-corrected chi connectivity index (χ0v) is 16.8. The molecular formula is C23H22N2O5. The second kappa shape index (κ2) is 8.02. The van der Waals surface area contributed by atoms with Crippen LogP contribution in [0.1, 0.15) is 25.3 Å². The van der Waals surface area contributed by atoms with E-state index < -0.39 is 11.7 Å². The van der Waals surface area contributed by atoms with Crippen molar-refractivity contribution in [1.82, 2.24) is 0 Å². The van der Waals surface area contributed by atoms with Crippen molar-refractivity contribution >= 4 is 34.2 Å². The Bertz CT molecular complexity index is 1180. The highest BCUT2D eigenvalue weighted by Gasteiger charge is 2.24. The quantitative estimate of drug-likeness (QED) is 0.654. The van der Waals surface area contributed by atoms with Crippen molar-refractivity contribution in [3.63, 3.8) is 0 Å². The van der Waals surface area contributed by atoms with Gasteiger partial charge in [0.05, 0.1) is 0 Å². The number of amides is 2. The van der Waals surface area contributed by atoms with Crippen molar-refractivity contribution in [3.8, 4) is 5.75 Å². The van der Waals surface area contributed by atoms with Gasteiger partial charge in [-0.1, -0.05) is 6.07 Å².